The normalized spacial score (nSPS) is 17.1. The van der Waals surface area contributed by atoms with Crippen molar-refractivity contribution in [3.63, 3.8) is 0 Å². The molecule has 1 heterocycles. The third-order valence-corrected chi connectivity index (χ3v) is 3.32. The Labute approximate surface area is 133 Å². The zero-order valence-corrected chi connectivity index (χ0v) is 12.5. The van der Waals surface area contributed by atoms with Crippen LogP contribution < -0.4 is 10.6 Å². The van der Waals surface area contributed by atoms with Crippen LogP contribution in [0.4, 0.5) is 5.69 Å². The minimum absolute atomic E-state index is 0.0270. The van der Waals surface area contributed by atoms with E-state index in [9.17, 15) is 14.4 Å². The van der Waals surface area contributed by atoms with Gasteiger partial charge in [0.1, 0.15) is 0 Å². The molecule has 122 valence electrons. The topological polar surface area (TPSA) is 105 Å². The molecule has 1 atom stereocenters. The Hall–Kier alpha value is -2.67. The number of rotatable bonds is 6. The summed E-state index contributed by atoms with van der Waals surface area (Å²) in [6.07, 6.45) is 3.56. The summed E-state index contributed by atoms with van der Waals surface area (Å²) in [5, 5.41) is 13.8. The van der Waals surface area contributed by atoms with Gasteiger partial charge in [-0.1, -0.05) is 12.1 Å². The SMILES string of the molecule is O=C(O)/C=C/C(=O)Nc1ccccc1C(=O)NCC1CCCO1. The van der Waals surface area contributed by atoms with Crippen LogP contribution in [0.2, 0.25) is 0 Å². The quantitative estimate of drug-likeness (QED) is 0.683. The van der Waals surface area contributed by atoms with Crippen molar-refractivity contribution in [1.82, 2.24) is 5.32 Å². The molecule has 2 amide bonds. The molecule has 0 aliphatic carbocycles. The van der Waals surface area contributed by atoms with Crippen molar-refractivity contribution < 1.29 is 24.2 Å². The smallest absolute Gasteiger partial charge is 0.328 e. The zero-order valence-electron chi connectivity index (χ0n) is 12.5. The van der Waals surface area contributed by atoms with Gasteiger partial charge in [0.25, 0.3) is 5.91 Å². The Kier molecular flexibility index (Phi) is 5.87. The van der Waals surface area contributed by atoms with E-state index < -0.39 is 11.9 Å². The van der Waals surface area contributed by atoms with Gasteiger partial charge in [-0.15, -0.1) is 0 Å². The first-order chi connectivity index (χ1) is 11.1. The first-order valence-electron chi connectivity index (χ1n) is 7.27. The van der Waals surface area contributed by atoms with E-state index in [2.05, 4.69) is 10.6 Å². The van der Waals surface area contributed by atoms with Crippen LogP contribution in [0.15, 0.2) is 36.4 Å². The number of carboxylic acids is 1. The van der Waals surface area contributed by atoms with Gasteiger partial charge in [-0.3, -0.25) is 9.59 Å². The van der Waals surface area contributed by atoms with Gasteiger partial charge in [-0.2, -0.15) is 0 Å². The van der Waals surface area contributed by atoms with Crippen molar-refractivity contribution in [3.8, 4) is 0 Å². The van der Waals surface area contributed by atoms with E-state index in [-0.39, 0.29) is 12.0 Å². The summed E-state index contributed by atoms with van der Waals surface area (Å²) in [7, 11) is 0. The van der Waals surface area contributed by atoms with Crippen LogP contribution in [0.3, 0.4) is 0 Å². The summed E-state index contributed by atoms with van der Waals surface area (Å²) in [5.41, 5.74) is 0.625. The van der Waals surface area contributed by atoms with Gasteiger partial charge < -0.3 is 20.5 Å². The van der Waals surface area contributed by atoms with Crippen molar-refractivity contribution in [2.24, 2.45) is 0 Å². The van der Waals surface area contributed by atoms with E-state index >= 15 is 0 Å². The molecule has 0 spiro atoms. The second kappa shape index (κ2) is 8.09. The number of para-hydroxylation sites is 1. The molecule has 3 N–H and O–H groups in total. The van der Waals surface area contributed by atoms with Crippen molar-refractivity contribution in [1.29, 1.82) is 0 Å². The van der Waals surface area contributed by atoms with Crippen molar-refractivity contribution in [2.75, 3.05) is 18.5 Å². The number of nitrogens with one attached hydrogen (secondary N) is 2. The lowest BCUT2D eigenvalue weighted by atomic mass is 10.1. The van der Waals surface area contributed by atoms with Gasteiger partial charge in [0.2, 0.25) is 5.91 Å². The number of benzene rings is 1. The summed E-state index contributed by atoms with van der Waals surface area (Å²) in [6.45, 7) is 1.13. The van der Waals surface area contributed by atoms with Crippen LogP contribution in [0.25, 0.3) is 0 Å². The van der Waals surface area contributed by atoms with Crippen LogP contribution in [0.1, 0.15) is 23.2 Å². The molecule has 7 nitrogen and oxygen atoms in total. The maximum absolute atomic E-state index is 12.2. The van der Waals surface area contributed by atoms with E-state index in [4.69, 9.17) is 9.84 Å². The molecule has 1 saturated heterocycles. The predicted molar refractivity (Wildman–Crippen MR) is 83.2 cm³/mol. The third-order valence-electron chi connectivity index (χ3n) is 3.32. The first kappa shape index (κ1) is 16.7. The minimum atomic E-state index is -1.22. The Bertz CT molecular complexity index is 621. The molecule has 23 heavy (non-hydrogen) atoms. The first-order valence-corrected chi connectivity index (χ1v) is 7.27. The van der Waals surface area contributed by atoms with Crippen LogP contribution in [-0.2, 0) is 14.3 Å². The summed E-state index contributed by atoms with van der Waals surface area (Å²) < 4.78 is 5.44. The number of hydrogen-bond acceptors (Lipinski definition) is 4. The highest BCUT2D eigenvalue weighted by Gasteiger charge is 2.18. The zero-order chi connectivity index (χ0) is 16.7. The monoisotopic (exact) mass is 318 g/mol. The molecule has 0 saturated carbocycles. The van der Waals surface area contributed by atoms with Gasteiger partial charge in [0.15, 0.2) is 0 Å². The number of aliphatic carboxylic acids is 1. The summed E-state index contributed by atoms with van der Waals surface area (Å²) in [4.78, 5) is 34.3. The fourth-order valence-electron chi connectivity index (χ4n) is 2.22. The van der Waals surface area contributed by atoms with Gasteiger partial charge in [0.05, 0.1) is 17.4 Å². The molecule has 2 rings (SSSR count). The van der Waals surface area contributed by atoms with Crippen LogP contribution >= 0.6 is 0 Å². The molecule has 1 unspecified atom stereocenters. The third kappa shape index (κ3) is 5.23. The van der Waals surface area contributed by atoms with Crippen molar-refractivity contribution in [3.05, 3.63) is 42.0 Å². The molecule has 0 aromatic heterocycles. The molecule has 7 heteroatoms. The van der Waals surface area contributed by atoms with Crippen molar-refractivity contribution in [2.45, 2.75) is 18.9 Å². The molecule has 1 aromatic rings. The molecular weight excluding hydrogens is 300 g/mol. The maximum atomic E-state index is 12.2. The Balaban J connectivity index is 1.99. The number of carboxylic acid groups (broad SMARTS) is 1. The molecular formula is C16H18N2O5. The average Bonchev–Trinajstić information content (AvgIpc) is 3.04. The van der Waals surface area contributed by atoms with Crippen LogP contribution in [0, 0.1) is 0 Å². The van der Waals surface area contributed by atoms with Crippen molar-refractivity contribution >= 4 is 23.5 Å². The molecule has 0 bridgehead atoms. The highest BCUT2D eigenvalue weighted by Crippen LogP contribution is 2.16. The van der Waals surface area contributed by atoms with Gasteiger partial charge in [0, 0.05) is 25.3 Å². The lowest BCUT2D eigenvalue weighted by Gasteiger charge is -2.13. The van der Waals surface area contributed by atoms with E-state index in [0.29, 0.717) is 24.4 Å². The van der Waals surface area contributed by atoms with E-state index in [1.165, 1.54) is 0 Å². The number of carbonyl (C=O) groups excluding carboxylic acids is 2. The second-order valence-corrected chi connectivity index (χ2v) is 5.05. The lowest BCUT2D eigenvalue weighted by Crippen LogP contribution is -2.32. The number of anilines is 1. The molecule has 0 radical (unpaired) electrons. The fourth-order valence-corrected chi connectivity index (χ4v) is 2.22. The summed E-state index contributed by atoms with van der Waals surface area (Å²) in [6, 6.07) is 6.52. The van der Waals surface area contributed by atoms with Gasteiger partial charge in [-0.05, 0) is 25.0 Å². The predicted octanol–water partition coefficient (Wildman–Crippen LogP) is 1.17. The Morgan fingerprint density at radius 1 is 1.26 bits per heavy atom. The molecule has 1 aliphatic heterocycles. The van der Waals surface area contributed by atoms with Crippen LogP contribution in [0.5, 0.6) is 0 Å². The standard InChI is InChI=1S/C16H18N2O5/c19-14(7-8-15(20)21)18-13-6-2-1-5-12(13)16(22)17-10-11-4-3-9-23-11/h1-2,5-8,11H,3-4,9-10H2,(H,17,22)(H,18,19)(H,20,21)/b8-7+. The molecule has 1 aliphatic rings. The minimum Gasteiger partial charge on any atom is -0.478 e. The van der Waals surface area contributed by atoms with Gasteiger partial charge >= 0.3 is 5.97 Å². The summed E-state index contributed by atoms with van der Waals surface area (Å²) >= 11 is 0. The number of ether oxygens (including phenoxy) is 1. The largest absolute Gasteiger partial charge is 0.478 e. The second-order valence-electron chi connectivity index (χ2n) is 5.05. The maximum Gasteiger partial charge on any atom is 0.328 e. The Morgan fingerprint density at radius 3 is 2.74 bits per heavy atom. The van der Waals surface area contributed by atoms with Crippen LogP contribution in [-0.4, -0.2) is 42.1 Å². The fraction of sp³-hybridized carbons (Fsp3) is 0.312. The van der Waals surface area contributed by atoms with Gasteiger partial charge in [-0.25, -0.2) is 4.79 Å². The highest BCUT2D eigenvalue weighted by atomic mass is 16.5. The van der Waals surface area contributed by atoms with E-state index in [1.807, 2.05) is 0 Å². The molecule has 1 aromatic carbocycles. The van der Waals surface area contributed by atoms with E-state index in [1.54, 1.807) is 24.3 Å². The average molecular weight is 318 g/mol. The molecule has 1 fully saturated rings. The number of hydrogen-bond donors (Lipinski definition) is 3. The highest BCUT2D eigenvalue weighted by molar-refractivity contribution is 6.07. The summed E-state index contributed by atoms with van der Waals surface area (Å²) in [5.74, 6) is -2.16. The lowest BCUT2D eigenvalue weighted by molar-refractivity contribution is -0.131. The number of amides is 2. The Morgan fingerprint density at radius 2 is 2.04 bits per heavy atom. The number of carbonyl (C=O) groups is 3. The van der Waals surface area contributed by atoms with E-state index in [0.717, 1.165) is 25.0 Å².